The molecule has 1 heterocycles. The summed E-state index contributed by atoms with van der Waals surface area (Å²) < 4.78 is 5.42. The molecule has 1 fully saturated rings. The van der Waals surface area contributed by atoms with Gasteiger partial charge in [-0.15, -0.1) is 0 Å². The van der Waals surface area contributed by atoms with Crippen LogP contribution in [0.4, 0.5) is 0 Å². The number of piperazine rings is 1. The molecule has 0 bridgehead atoms. The minimum Gasteiger partial charge on any atom is -0.496 e. The van der Waals surface area contributed by atoms with Gasteiger partial charge in [0.15, 0.2) is 0 Å². The third-order valence-electron chi connectivity index (χ3n) is 3.98. The van der Waals surface area contributed by atoms with Crippen molar-refractivity contribution in [3.8, 4) is 5.75 Å². The molecular formula is C17H25N3O3. The summed E-state index contributed by atoms with van der Waals surface area (Å²) in [5.41, 5.74) is 0.982. The van der Waals surface area contributed by atoms with Gasteiger partial charge in [0, 0.05) is 31.6 Å². The van der Waals surface area contributed by atoms with Gasteiger partial charge in [-0.05, 0) is 12.5 Å². The van der Waals surface area contributed by atoms with Crippen LogP contribution in [0.25, 0.3) is 0 Å². The van der Waals surface area contributed by atoms with Crippen LogP contribution in [0.5, 0.6) is 5.75 Å². The van der Waals surface area contributed by atoms with Gasteiger partial charge in [-0.2, -0.15) is 0 Å². The normalized spacial score (nSPS) is 17.7. The van der Waals surface area contributed by atoms with Gasteiger partial charge in [0.2, 0.25) is 11.8 Å². The topological polar surface area (TPSA) is 70.7 Å². The number of hydrogen-bond donors (Lipinski definition) is 2. The Balaban J connectivity index is 2.09. The molecule has 1 saturated heterocycles. The molecule has 1 aromatic rings. The van der Waals surface area contributed by atoms with Gasteiger partial charge in [-0.3, -0.25) is 9.59 Å². The number of ether oxygens (including phenoxy) is 1. The van der Waals surface area contributed by atoms with E-state index in [4.69, 9.17) is 4.74 Å². The highest BCUT2D eigenvalue weighted by molar-refractivity contribution is 5.85. The Hall–Kier alpha value is -2.08. The molecule has 1 unspecified atom stereocenters. The van der Waals surface area contributed by atoms with Gasteiger partial charge < -0.3 is 20.3 Å². The van der Waals surface area contributed by atoms with Crippen LogP contribution in [-0.4, -0.2) is 50.0 Å². The molecule has 1 aliphatic rings. The van der Waals surface area contributed by atoms with Crippen molar-refractivity contribution in [2.24, 2.45) is 0 Å². The first-order valence-corrected chi connectivity index (χ1v) is 8.07. The third kappa shape index (κ3) is 4.45. The summed E-state index contributed by atoms with van der Waals surface area (Å²) in [6.07, 6.45) is 1.22. The van der Waals surface area contributed by atoms with Crippen molar-refractivity contribution in [3.05, 3.63) is 29.8 Å². The lowest BCUT2D eigenvalue weighted by Crippen LogP contribution is -2.51. The van der Waals surface area contributed by atoms with Gasteiger partial charge in [-0.25, -0.2) is 0 Å². The van der Waals surface area contributed by atoms with Crippen molar-refractivity contribution in [1.82, 2.24) is 15.5 Å². The third-order valence-corrected chi connectivity index (χ3v) is 3.98. The molecule has 0 radical (unpaired) electrons. The Morgan fingerprint density at radius 1 is 1.39 bits per heavy atom. The summed E-state index contributed by atoms with van der Waals surface area (Å²) in [6.45, 7) is 4.03. The van der Waals surface area contributed by atoms with E-state index in [-0.39, 0.29) is 24.4 Å². The smallest absolute Gasteiger partial charge is 0.242 e. The van der Waals surface area contributed by atoms with Gasteiger partial charge >= 0.3 is 0 Å². The number of para-hydroxylation sites is 1. The van der Waals surface area contributed by atoms with Crippen molar-refractivity contribution in [2.45, 2.75) is 25.8 Å². The van der Waals surface area contributed by atoms with E-state index in [2.05, 4.69) is 10.6 Å². The number of amides is 2. The van der Waals surface area contributed by atoms with Crippen molar-refractivity contribution in [3.63, 3.8) is 0 Å². The molecule has 2 N–H and O–H groups in total. The van der Waals surface area contributed by atoms with E-state index in [1.54, 1.807) is 7.11 Å². The molecule has 0 spiro atoms. The fraction of sp³-hybridized carbons (Fsp3) is 0.529. The van der Waals surface area contributed by atoms with E-state index in [1.165, 1.54) is 0 Å². The van der Waals surface area contributed by atoms with Crippen LogP contribution < -0.4 is 15.4 Å². The van der Waals surface area contributed by atoms with Crippen molar-refractivity contribution in [1.29, 1.82) is 0 Å². The maximum absolute atomic E-state index is 12.5. The van der Waals surface area contributed by atoms with Crippen molar-refractivity contribution >= 4 is 11.8 Å². The van der Waals surface area contributed by atoms with Crippen LogP contribution in [0.15, 0.2) is 24.3 Å². The highest BCUT2D eigenvalue weighted by atomic mass is 16.5. The molecule has 2 amide bonds. The largest absolute Gasteiger partial charge is 0.496 e. The highest BCUT2D eigenvalue weighted by Crippen LogP contribution is 2.30. The number of carbonyl (C=O) groups is 2. The monoisotopic (exact) mass is 319 g/mol. The first-order chi connectivity index (χ1) is 11.2. The Kier molecular flexibility index (Phi) is 6.40. The van der Waals surface area contributed by atoms with Crippen LogP contribution in [-0.2, 0) is 9.59 Å². The Labute approximate surface area is 137 Å². The predicted octanol–water partition coefficient (Wildman–Crippen LogP) is 1.08. The van der Waals surface area contributed by atoms with E-state index in [0.29, 0.717) is 19.5 Å². The van der Waals surface area contributed by atoms with Crippen LogP contribution >= 0.6 is 0 Å². The number of benzene rings is 1. The number of nitrogens with one attached hydrogen (secondary N) is 2. The molecule has 1 aromatic carbocycles. The van der Waals surface area contributed by atoms with Gasteiger partial charge in [0.1, 0.15) is 5.75 Å². The summed E-state index contributed by atoms with van der Waals surface area (Å²) in [6, 6.07) is 7.64. The van der Waals surface area contributed by atoms with Crippen molar-refractivity contribution < 1.29 is 14.3 Å². The Bertz CT molecular complexity index is 548. The van der Waals surface area contributed by atoms with E-state index < -0.39 is 0 Å². The van der Waals surface area contributed by atoms with Crippen LogP contribution in [0, 0.1) is 0 Å². The standard InChI is InChI=1S/C17H25N3O3/c1-3-6-16(21)19-12-17(22)20-10-9-18-11-14(20)13-7-4-5-8-15(13)23-2/h4-5,7-8,14,18H,3,6,9-12H2,1-2H3,(H,19,21). The molecular weight excluding hydrogens is 294 g/mol. The van der Waals surface area contributed by atoms with Gasteiger partial charge in [0.05, 0.1) is 19.7 Å². The number of hydrogen-bond acceptors (Lipinski definition) is 4. The first kappa shape index (κ1) is 17.3. The Morgan fingerprint density at radius 3 is 2.91 bits per heavy atom. The number of nitrogens with zero attached hydrogens (tertiary/aromatic N) is 1. The molecule has 2 rings (SSSR count). The molecule has 6 nitrogen and oxygen atoms in total. The SMILES string of the molecule is CCCC(=O)NCC(=O)N1CCNCC1c1ccccc1OC. The first-order valence-electron chi connectivity index (χ1n) is 8.07. The van der Waals surface area contributed by atoms with Crippen LogP contribution in [0.2, 0.25) is 0 Å². The predicted molar refractivity (Wildman–Crippen MR) is 88.2 cm³/mol. The van der Waals surface area contributed by atoms with Crippen LogP contribution in [0.1, 0.15) is 31.4 Å². The summed E-state index contributed by atoms with van der Waals surface area (Å²) in [7, 11) is 1.63. The number of methoxy groups -OCH3 is 1. The second-order valence-corrected chi connectivity index (χ2v) is 5.58. The van der Waals surface area contributed by atoms with Crippen molar-refractivity contribution in [2.75, 3.05) is 33.3 Å². The van der Waals surface area contributed by atoms with Crippen LogP contribution in [0.3, 0.4) is 0 Å². The molecule has 6 heteroatoms. The minimum absolute atomic E-state index is 0.0461. The highest BCUT2D eigenvalue weighted by Gasteiger charge is 2.29. The summed E-state index contributed by atoms with van der Waals surface area (Å²) in [4.78, 5) is 25.9. The lowest BCUT2D eigenvalue weighted by molar-refractivity contribution is -0.135. The molecule has 0 aliphatic carbocycles. The van der Waals surface area contributed by atoms with E-state index in [9.17, 15) is 9.59 Å². The zero-order valence-electron chi connectivity index (χ0n) is 13.8. The molecule has 1 atom stereocenters. The summed E-state index contributed by atoms with van der Waals surface area (Å²) >= 11 is 0. The minimum atomic E-state index is -0.0875. The molecule has 0 aromatic heterocycles. The fourth-order valence-electron chi connectivity index (χ4n) is 2.81. The number of carbonyl (C=O) groups excluding carboxylic acids is 2. The maximum atomic E-state index is 12.5. The molecule has 0 saturated carbocycles. The quantitative estimate of drug-likeness (QED) is 0.823. The Morgan fingerprint density at radius 2 is 2.17 bits per heavy atom. The zero-order valence-corrected chi connectivity index (χ0v) is 13.8. The average molecular weight is 319 g/mol. The molecule has 1 aliphatic heterocycles. The van der Waals surface area contributed by atoms with E-state index in [0.717, 1.165) is 24.3 Å². The maximum Gasteiger partial charge on any atom is 0.242 e. The average Bonchev–Trinajstić information content (AvgIpc) is 2.60. The molecule has 126 valence electrons. The summed E-state index contributed by atoms with van der Waals surface area (Å²) in [5, 5.41) is 6.02. The summed E-state index contributed by atoms with van der Waals surface area (Å²) in [5.74, 6) is 0.630. The van der Waals surface area contributed by atoms with E-state index >= 15 is 0 Å². The fourth-order valence-corrected chi connectivity index (χ4v) is 2.81. The number of rotatable bonds is 6. The lowest BCUT2D eigenvalue weighted by atomic mass is 10.0. The lowest BCUT2D eigenvalue weighted by Gasteiger charge is -2.37. The molecule has 23 heavy (non-hydrogen) atoms. The van der Waals surface area contributed by atoms with Gasteiger partial charge in [0.25, 0.3) is 0 Å². The zero-order chi connectivity index (χ0) is 16.7. The van der Waals surface area contributed by atoms with Gasteiger partial charge in [-0.1, -0.05) is 25.1 Å². The second kappa shape index (κ2) is 8.53. The second-order valence-electron chi connectivity index (χ2n) is 5.58. The van der Waals surface area contributed by atoms with E-state index in [1.807, 2.05) is 36.1 Å².